The number of likely N-dealkylation sites (tertiary alicyclic amines) is 1. The molecule has 1 fully saturated rings. The van der Waals surface area contributed by atoms with Crippen LogP contribution in [-0.4, -0.2) is 40.0 Å². The van der Waals surface area contributed by atoms with E-state index < -0.39 is 0 Å². The average molecular weight is 282 g/mol. The molecule has 1 aromatic rings. The van der Waals surface area contributed by atoms with Gasteiger partial charge in [0.2, 0.25) is 16.9 Å². The largest absolute Gasteiger partial charge is 0.342 e. The molecule has 0 aromatic carbocycles. The first-order valence-electron chi connectivity index (χ1n) is 6.55. The minimum Gasteiger partial charge on any atom is -0.342 e. The number of anilines is 1. The van der Waals surface area contributed by atoms with Crippen molar-refractivity contribution in [1.82, 2.24) is 15.1 Å². The fourth-order valence-corrected chi connectivity index (χ4v) is 2.67. The summed E-state index contributed by atoms with van der Waals surface area (Å²) in [5.41, 5.74) is 1.58. The Labute approximate surface area is 116 Å². The lowest BCUT2D eigenvalue weighted by Gasteiger charge is -2.31. The summed E-state index contributed by atoms with van der Waals surface area (Å²) in [7, 11) is 0. The predicted octanol–water partition coefficient (Wildman–Crippen LogP) is 1.52. The molecule has 1 saturated heterocycles. The van der Waals surface area contributed by atoms with E-state index in [1.807, 2.05) is 6.92 Å². The quantitative estimate of drug-likeness (QED) is 0.908. The number of piperidine rings is 1. The van der Waals surface area contributed by atoms with E-state index in [2.05, 4.69) is 15.5 Å². The number of hydrogen-bond acceptors (Lipinski definition) is 5. The van der Waals surface area contributed by atoms with Gasteiger partial charge in [0.15, 0.2) is 0 Å². The molecule has 2 heterocycles. The maximum atomic E-state index is 12.1. The molecule has 2 amide bonds. The number of nitrogens with zero attached hydrogens (tertiary/aromatic N) is 3. The Morgan fingerprint density at radius 2 is 2.42 bits per heavy atom. The predicted molar refractivity (Wildman–Crippen MR) is 72.8 cm³/mol. The summed E-state index contributed by atoms with van der Waals surface area (Å²) in [5.74, 6) is -0.0554. The van der Waals surface area contributed by atoms with Crippen molar-refractivity contribution in [3.05, 3.63) is 5.51 Å². The summed E-state index contributed by atoms with van der Waals surface area (Å²) < 4.78 is 0. The third-order valence-corrected chi connectivity index (χ3v) is 3.81. The smallest absolute Gasteiger partial charge is 0.231 e. The van der Waals surface area contributed by atoms with Crippen LogP contribution in [0.5, 0.6) is 0 Å². The Balaban J connectivity index is 1.89. The van der Waals surface area contributed by atoms with Crippen LogP contribution in [0.15, 0.2) is 5.51 Å². The first-order chi connectivity index (χ1) is 9.20. The zero-order chi connectivity index (χ0) is 13.7. The lowest BCUT2D eigenvalue weighted by molar-refractivity contribution is -0.134. The second-order valence-electron chi connectivity index (χ2n) is 4.66. The van der Waals surface area contributed by atoms with Crippen LogP contribution in [0, 0.1) is 5.92 Å². The van der Waals surface area contributed by atoms with Crippen molar-refractivity contribution in [1.29, 1.82) is 0 Å². The summed E-state index contributed by atoms with van der Waals surface area (Å²) in [4.78, 5) is 25.7. The monoisotopic (exact) mass is 282 g/mol. The average Bonchev–Trinajstić information content (AvgIpc) is 2.92. The number of carbonyl (C=O) groups is 2. The van der Waals surface area contributed by atoms with Crippen LogP contribution in [0.4, 0.5) is 5.13 Å². The lowest BCUT2D eigenvalue weighted by Crippen LogP contribution is -2.43. The number of nitrogens with one attached hydrogen (secondary N) is 1. The molecule has 0 radical (unpaired) electrons. The molecule has 0 spiro atoms. The number of hydrogen-bond donors (Lipinski definition) is 1. The third kappa shape index (κ3) is 3.73. The van der Waals surface area contributed by atoms with Crippen LogP contribution in [0.1, 0.15) is 32.6 Å². The Bertz CT molecular complexity index is 435. The molecule has 2 rings (SSSR count). The van der Waals surface area contributed by atoms with Gasteiger partial charge < -0.3 is 10.2 Å². The molecule has 0 bridgehead atoms. The van der Waals surface area contributed by atoms with E-state index in [9.17, 15) is 9.59 Å². The fourth-order valence-electron chi connectivity index (χ4n) is 2.22. The van der Waals surface area contributed by atoms with Gasteiger partial charge in [-0.3, -0.25) is 9.59 Å². The van der Waals surface area contributed by atoms with Gasteiger partial charge in [-0.15, -0.1) is 10.2 Å². The van der Waals surface area contributed by atoms with Gasteiger partial charge in [0.1, 0.15) is 5.51 Å². The molecule has 104 valence electrons. The van der Waals surface area contributed by atoms with E-state index in [1.54, 1.807) is 10.4 Å². The molecule has 1 aliphatic rings. The first kappa shape index (κ1) is 13.9. The van der Waals surface area contributed by atoms with Gasteiger partial charge in [-0.25, -0.2) is 0 Å². The minimum absolute atomic E-state index is 0.0641. The van der Waals surface area contributed by atoms with Gasteiger partial charge in [-0.1, -0.05) is 18.3 Å². The van der Waals surface area contributed by atoms with Crippen molar-refractivity contribution in [3.8, 4) is 0 Å². The summed E-state index contributed by atoms with van der Waals surface area (Å²) >= 11 is 1.30. The summed E-state index contributed by atoms with van der Waals surface area (Å²) in [6, 6.07) is 0. The Morgan fingerprint density at radius 3 is 3.11 bits per heavy atom. The molecule has 0 aliphatic carbocycles. The second-order valence-corrected chi connectivity index (χ2v) is 5.50. The van der Waals surface area contributed by atoms with Crippen LogP contribution in [0.25, 0.3) is 0 Å². The summed E-state index contributed by atoms with van der Waals surface area (Å²) in [5, 5.41) is 10.7. The normalized spacial score (nSPS) is 19.2. The van der Waals surface area contributed by atoms with Crippen molar-refractivity contribution in [2.45, 2.75) is 32.6 Å². The number of aromatic nitrogens is 2. The van der Waals surface area contributed by atoms with Gasteiger partial charge in [-0.2, -0.15) is 0 Å². The highest BCUT2D eigenvalue weighted by Crippen LogP contribution is 2.20. The first-order valence-corrected chi connectivity index (χ1v) is 7.43. The van der Waals surface area contributed by atoms with Crippen molar-refractivity contribution >= 4 is 28.3 Å². The van der Waals surface area contributed by atoms with Crippen LogP contribution >= 0.6 is 11.3 Å². The summed E-state index contributed by atoms with van der Waals surface area (Å²) in [6.07, 6.45) is 3.10. The van der Waals surface area contributed by atoms with E-state index in [4.69, 9.17) is 0 Å². The molecule has 19 heavy (non-hydrogen) atoms. The van der Waals surface area contributed by atoms with E-state index in [-0.39, 0.29) is 17.7 Å². The topological polar surface area (TPSA) is 75.2 Å². The molecule has 6 nitrogen and oxygen atoms in total. The van der Waals surface area contributed by atoms with Crippen LogP contribution in [-0.2, 0) is 9.59 Å². The van der Waals surface area contributed by atoms with E-state index >= 15 is 0 Å². The maximum absolute atomic E-state index is 12.1. The Kier molecular flexibility index (Phi) is 4.84. The van der Waals surface area contributed by atoms with Crippen molar-refractivity contribution in [2.75, 3.05) is 18.4 Å². The fraction of sp³-hybridized carbons (Fsp3) is 0.667. The second kappa shape index (κ2) is 6.60. The Morgan fingerprint density at radius 1 is 1.58 bits per heavy atom. The molecular weight excluding hydrogens is 264 g/mol. The maximum Gasteiger partial charge on any atom is 0.231 e. The highest BCUT2D eigenvalue weighted by molar-refractivity contribution is 7.13. The van der Waals surface area contributed by atoms with Gasteiger partial charge in [-0.05, 0) is 19.3 Å². The number of carbonyl (C=O) groups excluding carboxylic acids is 2. The Hall–Kier alpha value is -1.50. The molecule has 1 unspecified atom stereocenters. The third-order valence-electron chi connectivity index (χ3n) is 3.20. The van der Waals surface area contributed by atoms with Crippen molar-refractivity contribution in [2.24, 2.45) is 5.92 Å². The molecule has 1 aliphatic heterocycles. The molecule has 1 N–H and O–H groups in total. The van der Waals surface area contributed by atoms with Gasteiger partial charge in [0, 0.05) is 19.5 Å². The van der Waals surface area contributed by atoms with Crippen LogP contribution in [0.2, 0.25) is 0 Å². The molecule has 1 atom stereocenters. The van der Waals surface area contributed by atoms with Crippen LogP contribution < -0.4 is 5.32 Å². The SMILES string of the molecule is CCCC(=O)N1CCCC(C(=O)Nc2nncs2)C1. The molecular formula is C12H18N4O2S. The zero-order valence-corrected chi connectivity index (χ0v) is 11.8. The highest BCUT2D eigenvalue weighted by Gasteiger charge is 2.28. The minimum atomic E-state index is -0.140. The van der Waals surface area contributed by atoms with Gasteiger partial charge >= 0.3 is 0 Å². The van der Waals surface area contributed by atoms with Gasteiger partial charge in [0.05, 0.1) is 5.92 Å². The molecule has 7 heteroatoms. The van der Waals surface area contributed by atoms with E-state index in [1.165, 1.54) is 11.3 Å². The zero-order valence-electron chi connectivity index (χ0n) is 11.0. The highest BCUT2D eigenvalue weighted by atomic mass is 32.1. The molecule has 0 saturated carbocycles. The summed E-state index contributed by atoms with van der Waals surface area (Å²) in [6.45, 7) is 3.27. The van der Waals surface area contributed by atoms with Crippen molar-refractivity contribution < 1.29 is 9.59 Å². The van der Waals surface area contributed by atoms with Crippen molar-refractivity contribution in [3.63, 3.8) is 0 Å². The number of rotatable bonds is 4. The van der Waals surface area contributed by atoms with Crippen LogP contribution in [0.3, 0.4) is 0 Å². The number of amides is 2. The molecule has 1 aromatic heterocycles. The van der Waals surface area contributed by atoms with Gasteiger partial charge in [0.25, 0.3) is 0 Å². The van der Waals surface area contributed by atoms with E-state index in [0.29, 0.717) is 18.1 Å². The standard InChI is InChI=1S/C12H18N4O2S/c1-2-4-10(17)16-6-3-5-9(7-16)11(18)14-12-15-13-8-19-12/h8-9H,2-7H2,1H3,(H,14,15,18). The van der Waals surface area contributed by atoms with E-state index in [0.717, 1.165) is 25.8 Å². The lowest BCUT2D eigenvalue weighted by atomic mass is 9.97.